The predicted molar refractivity (Wildman–Crippen MR) is 128 cm³/mol. The van der Waals surface area contributed by atoms with Crippen molar-refractivity contribution >= 4 is 47.7 Å². The van der Waals surface area contributed by atoms with E-state index >= 15 is 0 Å². The van der Waals surface area contributed by atoms with Gasteiger partial charge in [-0.3, -0.25) is 0 Å². The van der Waals surface area contributed by atoms with Gasteiger partial charge in [0.15, 0.2) is 17.0 Å². The highest BCUT2D eigenvalue weighted by atomic mass is 35.5. The van der Waals surface area contributed by atoms with Gasteiger partial charge in [0.25, 0.3) is 0 Å². The fourth-order valence-electron chi connectivity index (χ4n) is 4.48. The predicted octanol–water partition coefficient (Wildman–Crippen LogP) is 3.62. The van der Waals surface area contributed by atoms with Crippen LogP contribution in [0, 0.1) is 0 Å². The number of aromatic nitrogens is 4. The zero-order valence-electron chi connectivity index (χ0n) is 17.6. The van der Waals surface area contributed by atoms with E-state index in [0.717, 1.165) is 62.1 Å². The van der Waals surface area contributed by atoms with Crippen LogP contribution < -0.4 is 22.1 Å². The first-order chi connectivity index (χ1) is 13.7. The van der Waals surface area contributed by atoms with E-state index in [2.05, 4.69) is 20.2 Å². The summed E-state index contributed by atoms with van der Waals surface area (Å²) in [6.07, 6.45) is 13.2. The van der Waals surface area contributed by atoms with Crippen LogP contribution in [-0.4, -0.2) is 44.7 Å². The van der Waals surface area contributed by atoms with E-state index in [4.69, 9.17) is 21.4 Å². The van der Waals surface area contributed by atoms with Crippen molar-refractivity contribution in [2.45, 2.75) is 82.3 Å². The van der Waals surface area contributed by atoms with Gasteiger partial charge in [-0.25, -0.2) is 4.98 Å². The molecule has 2 aliphatic carbocycles. The number of nitrogens with two attached hydrogens (primary N) is 2. The zero-order chi connectivity index (χ0) is 19.3. The monoisotopic (exact) mass is 458 g/mol. The lowest BCUT2D eigenvalue weighted by Gasteiger charge is -2.27. The summed E-state index contributed by atoms with van der Waals surface area (Å²) < 4.78 is 2.26. The third kappa shape index (κ3) is 5.87. The molecule has 10 heteroatoms. The van der Waals surface area contributed by atoms with Gasteiger partial charge < -0.3 is 26.7 Å². The molecule has 170 valence electrons. The molecule has 0 unspecified atom stereocenters. The maximum Gasteiger partial charge on any atom is 0.227 e. The summed E-state index contributed by atoms with van der Waals surface area (Å²) in [5, 5.41) is 7.03. The summed E-state index contributed by atoms with van der Waals surface area (Å²) in [5.41, 5.74) is 13.5. The van der Waals surface area contributed by atoms with E-state index in [-0.39, 0.29) is 24.8 Å². The van der Waals surface area contributed by atoms with Crippen molar-refractivity contribution in [3.63, 3.8) is 0 Å². The number of unbranched alkanes of at least 4 members (excludes halogenated alkanes) is 1. The van der Waals surface area contributed by atoms with Gasteiger partial charge in [0.1, 0.15) is 0 Å². The molecule has 0 amide bonds. The first-order valence-electron chi connectivity index (χ1n) is 10.9. The molecule has 0 saturated heterocycles. The van der Waals surface area contributed by atoms with Gasteiger partial charge in [0.05, 0.1) is 6.33 Å². The molecule has 2 aliphatic rings. The average molecular weight is 459 g/mol. The van der Waals surface area contributed by atoms with Crippen LogP contribution in [0.3, 0.4) is 0 Å². The SMILES string of the molecule is Cl.Cl.NCCCCNc1nc(NC2CCC(N)CC2)nc2c1ncn2C1CCCC1. The Kier molecular flexibility index (Phi) is 9.87. The topological polar surface area (TPSA) is 120 Å². The number of fused-ring (bicyclic) bond motifs is 1. The van der Waals surface area contributed by atoms with Crippen molar-refractivity contribution in [2.24, 2.45) is 11.5 Å². The Labute approximate surface area is 191 Å². The minimum Gasteiger partial charge on any atom is -0.368 e. The molecule has 0 atom stereocenters. The molecule has 0 aromatic carbocycles. The molecular weight excluding hydrogens is 423 g/mol. The Bertz CT molecular complexity index is 769. The molecule has 8 nitrogen and oxygen atoms in total. The van der Waals surface area contributed by atoms with Crippen molar-refractivity contribution in [1.29, 1.82) is 0 Å². The van der Waals surface area contributed by atoms with E-state index in [9.17, 15) is 0 Å². The molecule has 0 spiro atoms. The second-order valence-electron chi connectivity index (χ2n) is 8.34. The second-order valence-corrected chi connectivity index (χ2v) is 8.34. The average Bonchev–Trinajstić information content (AvgIpc) is 3.36. The summed E-state index contributed by atoms with van der Waals surface area (Å²) >= 11 is 0. The van der Waals surface area contributed by atoms with Crippen LogP contribution in [0.5, 0.6) is 0 Å². The maximum absolute atomic E-state index is 6.05. The summed E-state index contributed by atoms with van der Waals surface area (Å²) in [5.74, 6) is 1.53. The van der Waals surface area contributed by atoms with Gasteiger partial charge in [-0.2, -0.15) is 9.97 Å². The van der Waals surface area contributed by atoms with E-state index in [0.29, 0.717) is 30.6 Å². The van der Waals surface area contributed by atoms with Crippen molar-refractivity contribution in [1.82, 2.24) is 19.5 Å². The quantitative estimate of drug-likeness (QED) is 0.445. The largest absolute Gasteiger partial charge is 0.368 e. The molecule has 30 heavy (non-hydrogen) atoms. The minimum atomic E-state index is 0. The normalized spacial score (nSPS) is 21.8. The van der Waals surface area contributed by atoms with Crippen LogP contribution in [0.1, 0.15) is 70.3 Å². The summed E-state index contributed by atoms with van der Waals surface area (Å²) in [4.78, 5) is 14.3. The molecule has 0 bridgehead atoms. The number of halogens is 2. The number of hydrogen-bond donors (Lipinski definition) is 4. The Balaban J connectivity index is 0.00000160. The highest BCUT2D eigenvalue weighted by Gasteiger charge is 2.23. The molecule has 2 aromatic heterocycles. The van der Waals surface area contributed by atoms with Crippen LogP contribution in [-0.2, 0) is 0 Å². The highest BCUT2D eigenvalue weighted by molar-refractivity contribution is 5.86. The molecule has 2 fully saturated rings. The first-order valence-corrected chi connectivity index (χ1v) is 10.9. The molecule has 0 aliphatic heterocycles. The van der Waals surface area contributed by atoms with Crippen molar-refractivity contribution < 1.29 is 0 Å². The third-order valence-corrected chi connectivity index (χ3v) is 6.17. The van der Waals surface area contributed by atoms with Gasteiger partial charge in [-0.15, -0.1) is 24.8 Å². The summed E-state index contributed by atoms with van der Waals surface area (Å²) in [7, 11) is 0. The van der Waals surface area contributed by atoms with Gasteiger partial charge in [0.2, 0.25) is 5.95 Å². The Morgan fingerprint density at radius 3 is 2.43 bits per heavy atom. The first kappa shape index (κ1) is 24.9. The molecule has 2 aromatic rings. The molecule has 2 saturated carbocycles. The maximum atomic E-state index is 6.05. The van der Waals surface area contributed by atoms with Gasteiger partial charge in [0, 0.05) is 24.7 Å². The molecular formula is C20H36Cl2N8. The number of rotatable bonds is 8. The van der Waals surface area contributed by atoms with E-state index in [1.165, 1.54) is 25.7 Å². The highest BCUT2D eigenvalue weighted by Crippen LogP contribution is 2.33. The number of nitrogens with zero attached hydrogens (tertiary/aromatic N) is 4. The Morgan fingerprint density at radius 2 is 1.73 bits per heavy atom. The third-order valence-electron chi connectivity index (χ3n) is 6.17. The van der Waals surface area contributed by atoms with E-state index < -0.39 is 0 Å². The van der Waals surface area contributed by atoms with Crippen molar-refractivity contribution in [3.05, 3.63) is 6.33 Å². The smallest absolute Gasteiger partial charge is 0.227 e. The number of anilines is 2. The number of hydrogen-bond acceptors (Lipinski definition) is 7. The zero-order valence-corrected chi connectivity index (χ0v) is 19.2. The summed E-state index contributed by atoms with van der Waals surface area (Å²) in [6, 6.07) is 1.24. The van der Waals surface area contributed by atoms with Crippen molar-refractivity contribution in [3.8, 4) is 0 Å². The van der Waals surface area contributed by atoms with Crippen LogP contribution in [0.25, 0.3) is 11.2 Å². The lowest BCUT2D eigenvalue weighted by Crippen LogP contribution is -2.33. The number of imidazole rings is 1. The lowest BCUT2D eigenvalue weighted by molar-refractivity contribution is 0.410. The van der Waals surface area contributed by atoms with Crippen LogP contribution in [0.15, 0.2) is 6.33 Å². The molecule has 4 rings (SSSR count). The Morgan fingerprint density at radius 1 is 1.00 bits per heavy atom. The van der Waals surface area contributed by atoms with Gasteiger partial charge in [-0.05, 0) is 57.9 Å². The molecule has 2 heterocycles. The fraction of sp³-hybridized carbons (Fsp3) is 0.750. The minimum absolute atomic E-state index is 0. The van der Waals surface area contributed by atoms with Crippen LogP contribution in [0.2, 0.25) is 0 Å². The van der Waals surface area contributed by atoms with Gasteiger partial charge >= 0.3 is 0 Å². The summed E-state index contributed by atoms with van der Waals surface area (Å²) in [6.45, 7) is 1.56. The van der Waals surface area contributed by atoms with Crippen molar-refractivity contribution in [2.75, 3.05) is 23.7 Å². The number of nitrogens with one attached hydrogen (secondary N) is 2. The lowest BCUT2D eigenvalue weighted by atomic mass is 9.92. The van der Waals surface area contributed by atoms with Crippen LogP contribution >= 0.6 is 24.8 Å². The fourth-order valence-corrected chi connectivity index (χ4v) is 4.48. The standard InChI is InChI=1S/C20H34N8.2ClH/c21-11-3-4-12-23-18-17-19(28(13-24-17)16-5-1-2-6-16)27-20(26-18)25-15-9-7-14(22)8-10-15;;/h13-16H,1-12,21-22H2,(H2,23,25,26,27);2*1H. The Hall–Kier alpha value is -1.35. The van der Waals surface area contributed by atoms with Crippen LogP contribution in [0.4, 0.5) is 11.8 Å². The van der Waals surface area contributed by atoms with E-state index in [1.54, 1.807) is 0 Å². The second kappa shape index (κ2) is 11.9. The van der Waals surface area contributed by atoms with E-state index in [1.807, 2.05) is 6.33 Å². The molecule has 0 radical (unpaired) electrons. The molecule has 6 N–H and O–H groups in total. The van der Waals surface area contributed by atoms with Gasteiger partial charge in [-0.1, -0.05) is 12.8 Å².